The molecule has 158 valence electrons. The van der Waals surface area contributed by atoms with Crippen molar-refractivity contribution < 1.29 is 9.53 Å². The molecule has 0 spiro atoms. The molecule has 0 unspecified atom stereocenters. The van der Waals surface area contributed by atoms with E-state index in [-0.39, 0.29) is 5.97 Å². The van der Waals surface area contributed by atoms with Crippen molar-refractivity contribution in [1.29, 1.82) is 0 Å². The summed E-state index contributed by atoms with van der Waals surface area (Å²) in [5.74, 6) is -0.257. The van der Waals surface area contributed by atoms with E-state index in [1.54, 1.807) is 0 Å². The van der Waals surface area contributed by atoms with Crippen molar-refractivity contribution in [2.45, 2.75) is 13.1 Å². The molecule has 3 aromatic carbocycles. The molecule has 0 saturated carbocycles. The Balaban J connectivity index is 1.96. The van der Waals surface area contributed by atoms with Gasteiger partial charge in [0.2, 0.25) is 0 Å². The van der Waals surface area contributed by atoms with Gasteiger partial charge in [-0.2, -0.15) is 0 Å². The number of carbonyl (C=O) groups is 1. The molecular weight excluding hydrogens is 487 g/mol. The van der Waals surface area contributed by atoms with E-state index in [9.17, 15) is 4.79 Å². The van der Waals surface area contributed by atoms with Crippen molar-refractivity contribution in [2.75, 3.05) is 6.61 Å². The zero-order chi connectivity index (χ0) is 21.8. The first-order valence-electron chi connectivity index (χ1n) is 10.2. The number of ether oxygens (including phenoxy) is 1. The zero-order valence-corrected chi connectivity index (χ0v) is 20.6. The second-order valence-corrected chi connectivity index (χ2v) is 17.4. The summed E-state index contributed by atoms with van der Waals surface area (Å²) < 4.78 is 5.22. The fourth-order valence-electron chi connectivity index (χ4n) is 4.01. The summed E-state index contributed by atoms with van der Waals surface area (Å²) in [4.78, 5) is 14.1. The van der Waals surface area contributed by atoms with Crippen LogP contribution in [0.2, 0.25) is 0 Å². The molecule has 0 aliphatic carbocycles. The summed E-state index contributed by atoms with van der Waals surface area (Å²) in [6.45, 7) is 2.21. The quantitative estimate of drug-likeness (QED) is 0.216. The summed E-state index contributed by atoms with van der Waals surface area (Å²) in [5.41, 5.74) is 0. The van der Waals surface area contributed by atoms with Crippen molar-refractivity contribution >= 4 is 54.0 Å². The summed E-state index contributed by atoms with van der Waals surface area (Å²) in [5, 5.41) is 0.732. The Kier molecular flexibility index (Phi) is 6.43. The fourth-order valence-corrected chi connectivity index (χ4v) is 13.7. The molecule has 31 heavy (non-hydrogen) atoms. The number of halogens is 1. The van der Waals surface area contributed by atoms with E-state index in [1.165, 1.54) is 27.3 Å². The molecule has 1 heterocycles. The van der Waals surface area contributed by atoms with Crippen molar-refractivity contribution in [3.05, 3.63) is 113 Å². The maximum atomic E-state index is 12.3. The first kappa shape index (κ1) is 22.0. The standard InChI is InChI=1S/C26H24BrO2PS/c1-2-29-26(28)25-19-18-24(31-25)20-30(27,21-12-6-3-7-13-21,22-14-8-4-9-15-22)23-16-10-5-11-17-23/h3-19H,2,20H2,1H3. The van der Waals surface area contributed by atoms with Crippen LogP contribution in [0.1, 0.15) is 21.5 Å². The van der Waals surface area contributed by atoms with Crippen LogP contribution in [-0.4, -0.2) is 12.6 Å². The van der Waals surface area contributed by atoms with Gasteiger partial charge in [0.05, 0.1) is 0 Å². The number of hydrogen-bond donors (Lipinski definition) is 0. The van der Waals surface area contributed by atoms with Crippen LogP contribution in [0.25, 0.3) is 0 Å². The summed E-state index contributed by atoms with van der Waals surface area (Å²) in [6, 6.07) is 36.0. The van der Waals surface area contributed by atoms with E-state index in [4.69, 9.17) is 4.74 Å². The molecule has 4 rings (SSSR count). The number of esters is 1. The molecule has 0 aliphatic heterocycles. The Hall–Kier alpha value is -2.26. The molecule has 0 atom stereocenters. The van der Waals surface area contributed by atoms with Gasteiger partial charge in [-0.3, -0.25) is 0 Å². The third kappa shape index (κ3) is 4.01. The van der Waals surface area contributed by atoms with Gasteiger partial charge >= 0.3 is 196 Å². The molecular formula is C26H24BrO2PS. The fraction of sp³-hybridized carbons (Fsp3) is 0.115. The van der Waals surface area contributed by atoms with Gasteiger partial charge < -0.3 is 0 Å². The first-order chi connectivity index (χ1) is 15.1. The molecule has 0 saturated heterocycles. The van der Waals surface area contributed by atoms with E-state index in [2.05, 4.69) is 113 Å². The first-order valence-corrected chi connectivity index (χ1v) is 15.5. The normalized spacial score (nSPS) is 12.6. The van der Waals surface area contributed by atoms with Crippen LogP contribution in [0.15, 0.2) is 103 Å². The van der Waals surface area contributed by atoms with E-state index in [0.29, 0.717) is 11.5 Å². The van der Waals surface area contributed by atoms with Crippen LogP contribution >= 0.6 is 32.1 Å². The SMILES string of the molecule is CCOC(=O)c1ccc(CP(Br)(c2ccccc2)(c2ccccc2)c2ccccc2)s1. The van der Waals surface area contributed by atoms with Crippen LogP contribution in [0, 0.1) is 0 Å². The molecule has 2 nitrogen and oxygen atoms in total. The van der Waals surface area contributed by atoms with Crippen LogP contribution in [0.3, 0.4) is 0 Å². The van der Waals surface area contributed by atoms with Gasteiger partial charge in [0.25, 0.3) is 0 Å². The summed E-state index contributed by atoms with van der Waals surface area (Å²) in [7, 11) is 0. The molecule has 5 heteroatoms. The Morgan fingerprint density at radius 2 is 1.23 bits per heavy atom. The average Bonchev–Trinajstić information content (AvgIpc) is 3.29. The van der Waals surface area contributed by atoms with Gasteiger partial charge in [-0.15, -0.1) is 0 Å². The Labute approximate surface area is 195 Å². The van der Waals surface area contributed by atoms with Gasteiger partial charge in [-0.25, -0.2) is 0 Å². The van der Waals surface area contributed by atoms with E-state index < -0.39 is 5.31 Å². The van der Waals surface area contributed by atoms with Crippen LogP contribution in [-0.2, 0) is 10.9 Å². The van der Waals surface area contributed by atoms with Gasteiger partial charge in [0.1, 0.15) is 0 Å². The van der Waals surface area contributed by atoms with Crippen molar-refractivity contribution in [3.63, 3.8) is 0 Å². The molecule has 0 bridgehead atoms. The molecule has 0 radical (unpaired) electrons. The Bertz CT molecular complexity index is 1060. The number of hydrogen-bond acceptors (Lipinski definition) is 3. The average molecular weight is 511 g/mol. The Morgan fingerprint density at radius 1 is 0.774 bits per heavy atom. The van der Waals surface area contributed by atoms with E-state index >= 15 is 0 Å². The second-order valence-electron chi connectivity index (χ2n) is 7.33. The van der Waals surface area contributed by atoms with Crippen molar-refractivity contribution in [3.8, 4) is 0 Å². The van der Waals surface area contributed by atoms with Gasteiger partial charge in [-0.05, 0) is 0 Å². The molecule has 0 amide bonds. The van der Waals surface area contributed by atoms with E-state index in [1.807, 2.05) is 13.0 Å². The predicted octanol–water partition coefficient (Wildman–Crippen LogP) is 6.26. The topological polar surface area (TPSA) is 26.3 Å². The van der Waals surface area contributed by atoms with E-state index in [0.717, 1.165) is 11.0 Å². The number of rotatable bonds is 7. The number of thiophene rings is 1. The molecule has 1 aromatic heterocycles. The molecule has 0 aliphatic rings. The number of benzene rings is 3. The predicted molar refractivity (Wildman–Crippen MR) is 138 cm³/mol. The van der Waals surface area contributed by atoms with Gasteiger partial charge in [-0.1, -0.05) is 0 Å². The zero-order valence-electron chi connectivity index (χ0n) is 17.3. The van der Waals surface area contributed by atoms with Crippen molar-refractivity contribution in [1.82, 2.24) is 0 Å². The van der Waals surface area contributed by atoms with Crippen LogP contribution in [0.5, 0.6) is 0 Å². The monoisotopic (exact) mass is 510 g/mol. The third-order valence-electron chi connectivity index (χ3n) is 5.47. The summed E-state index contributed by atoms with van der Waals surface area (Å²) in [6.07, 6.45) is 0.772. The van der Waals surface area contributed by atoms with Crippen molar-refractivity contribution in [2.24, 2.45) is 0 Å². The summed E-state index contributed by atoms with van der Waals surface area (Å²) >= 11 is 5.97. The van der Waals surface area contributed by atoms with Gasteiger partial charge in [0.15, 0.2) is 0 Å². The second kappa shape index (κ2) is 9.08. The third-order valence-corrected chi connectivity index (χ3v) is 16.3. The Morgan fingerprint density at radius 3 is 1.65 bits per heavy atom. The maximum absolute atomic E-state index is 12.3. The van der Waals surface area contributed by atoms with Crippen LogP contribution < -0.4 is 15.9 Å². The van der Waals surface area contributed by atoms with Gasteiger partial charge in [0, 0.05) is 0 Å². The molecule has 0 N–H and O–H groups in total. The molecule has 0 fully saturated rings. The van der Waals surface area contributed by atoms with Crippen LogP contribution in [0.4, 0.5) is 0 Å². The minimum absolute atomic E-state index is 0.257. The minimum atomic E-state index is -3.05. The molecule has 4 aromatic rings. The number of carbonyl (C=O) groups excluding carboxylic acids is 1.